The summed E-state index contributed by atoms with van der Waals surface area (Å²) in [6, 6.07) is 11.0. The first-order chi connectivity index (χ1) is 17.3. The minimum absolute atomic E-state index is 0.0165. The van der Waals surface area contributed by atoms with E-state index in [1.165, 1.54) is 12.1 Å². The number of aromatic hydroxyl groups is 3. The fourth-order valence-electron chi connectivity index (χ4n) is 4.36. The Morgan fingerprint density at radius 3 is 2.44 bits per heavy atom. The van der Waals surface area contributed by atoms with Crippen LogP contribution in [0, 0.1) is 11.8 Å². The van der Waals surface area contributed by atoms with Gasteiger partial charge in [0.1, 0.15) is 18.5 Å². The predicted octanol–water partition coefficient (Wildman–Crippen LogP) is 1.93. The Bertz CT molecular complexity index is 1110. The van der Waals surface area contributed by atoms with Gasteiger partial charge in [0, 0.05) is 12.3 Å². The van der Waals surface area contributed by atoms with Gasteiger partial charge in [-0.15, -0.1) is 0 Å². The standard InChI is InChI=1S/C26H28O10/c27-17-4-1-15(2-5-17)7-9-33-22-14-35-23(30)12-18-19(13-36-26(32)24(18)22)25(31)34-10-8-16-3-6-20(28)21(29)11-16/h1-6,11,13,18,22,24,26-29,32H,7-10,12,14H2. The van der Waals surface area contributed by atoms with Gasteiger partial charge in [-0.1, -0.05) is 18.2 Å². The molecule has 1 fully saturated rings. The van der Waals surface area contributed by atoms with Crippen molar-refractivity contribution in [1.82, 2.24) is 0 Å². The molecule has 0 spiro atoms. The molecule has 1 saturated heterocycles. The van der Waals surface area contributed by atoms with E-state index in [-0.39, 0.29) is 55.5 Å². The Kier molecular flexibility index (Phi) is 7.97. The molecule has 10 nitrogen and oxygen atoms in total. The molecule has 2 aromatic carbocycles. The summed E-state index contributed by atoms with van der Waals surface area (Å²) in [6.45, 7) is 0.145. The smallest absolute Gasteiger partial charge is 0.337 e. The number of phenolic OH excluding ortho intramolecular Hbond substituents is 3. The number of hydrogen-bond acceptors (Lipinski definition) is 10. The van der Waals surface area contributed by atoms with Crippen LogP contribution in [0.15, 0.2) is 54.3 Å². The minimum atomic E-state index is -1.31. The van der Waals surface area contributed by atoms with Crippen molar-refractivity contribution in [2.45, 2.75) is 31.7 Å². The molecule has 4 rings (SSSR count). The van der Waals surface area contributed by atoms with Gasteiger partial charge < -0.3 is 39.4 Å². The zero-order chi connectivity index (χ0) is 25.7. The lowest BCUT2D eigenvalue weighted by molar-refractivity contribution is -0.169. The van der Waals surface area contributed by atoms with Crippen molar-refractivity contribution < 1.29 is 49.0 Å². The highest BCUT2D eigenvalue weighted by Gasteiger charge is 2.47. The second-order valence-electron chi connectivity index (χ2n) is 8.71. The SMILES string of the molecule is O=C1CC2C(C(=O)OCCc3ccc(O)c(O)c3)=COC(O)C2C(OCCc2ccc(O)cc2)CO1. The van der Waals surface area contributed by atoms with E-state index in [0.717, 1.165) is 11.8 Å². The predicted molar refractivity (Wildman–Crippen MR) is 124 cm³/mol. The Hall–Kier alpha value is -3.76. The third-order valence-corrected chi connectivity index (χ3v) is 6.31. The number of benzene rings is 2. The maximum atomic E-state index is 12.9. The Balaban J connectivity index is 1.39. The molecule has 0 aromatic heterocycles. The number of esters is 2. The largest absolute Gasteiger partial charge is 0.508 e. The Labute approximate surface area is 207 Å². The quantitative estimate of drug-likeness (QED) is 0.312. The van der Waals surface area contributed by atoms with Crippen LogP contribution in [0.2, 0.25) is 0 Å². The maximum Gasteiger partial charge on any atom is 0.337 e. The number of carbonyl (C=O) groups excluding carboxylic acids is 2. The highest BCUT2D eigenvalue weighted by atomic mass is 16.6. The van der Waals surface area contributed by atoms with Crippen LogP contribution in [0.3, 0.4) is 0 Å². The summed E-state index contributed by atoms with van der Waals surface area (Å²) in [5, 5.41) is 39.0. The highest BCUT2D eigenvalue weighted by molar-refractivity contribution is 5.90. The summed E-state index contributed by atoms with van der Waals surface area (Å²) < 4.78 is 21.9. The van der Waals surface area contributed by atoms with Crippen LogP contribution < -0.4 is 0 Å². The molecular weight excluding hydrogens is 472 g/mol. The summed E-state index contributed by atoms with van der Waals surface area (Å²) in [5.41, 5.74) is 1.69. The van der Waals surface area contributed by atoms with Crippen molar-refractivity contribution in [2.24, 2.45) is 11.8 Å². The van der Waals surface area contributed by atoms with Crippen LogP contribution in [-0.2, 0) is 41.4 Å². The molecule has 192 valence electrons. The number of aliphatic hydroxyl groups is 1. The molecule has 2 aliphatic rings. The van der Waals surface area contributed by atoms with E-state index >= 15 is 0 Å². The molecule has 0 saturated carbocycles. The summed E-state index contributed by atoms with van der Waals surface area (Å²) in [7, 11) is 0. The summed E-state index contributed by atoms with van der Waals surface area (Å²) >= 11 is 0. The zero-order valence-electron chi connectivity index (χ0n) is 19.4. The molecule has 4 N–H and O–H groups in total. The molecule has 4 atom stereocenters. The zero-order valence-corrected chi connectivity index (χ0v) is 19.4. The van der Waals surface area contributed by atoms with Gasteiger partial charge in [-0.2, -0.15) is 0 Å². The van der Waals surface area contributed by atoms with Crippen LogP contribution in [0.25, 0.3) is 0 Å². The molecule has 2 aromatic rings. The van der Waals surface area contributed by atoms with Crippen LogP contribution in [0.4, 0.5) is 0 Å². The van der Waals surface area contributed by atoms with Crippen molar-refractivity contribution in [2.75, 3.05) is 19.8 Å². The molecule has 0 amide bonds. The monoisotopic (exact) mass is 500 g/mol. The summed E-state index contributed by atoms with van der Waals surface area (Å²) in [5.74, 6) is -3.05. The van der Waals surface area contributed by atoms with Crippen LogP contribution in [-0.4, -0.2) is 64.6 Å². The topological polar surface area (TPSA) is 152 Å². The third kappa shape index (κ3) is 6.07. The first-order valence-corrected chi connectivity index (χ1v) is 11.6. The fourth-order valence-corrected chi connectivity index (χ4v) is 4.36. The van der Waals surface area contributed by atoms with E-state index in [2.05, 4.69) is 0 Å². The average molecular weight is 501 g/mol. The number of aliphatic hydroxyl groups excluding tert-OH is 1. The van der Waals surface area contributed by atoms with Crippen molar-refractivity contribution in [3.63, 3.8) is 0 Å². The first kappa shape index (κ1) is 25.3. The molecule has 10 heteroatoms. The van der Waals surface area contributed by atoms with Gasteiger partial charge in [0.25, 0.3) is 0 Å². The molecule has 0 radical (unpaired) electrons. The molecule has 0 aliphatic carbocycles. The lowest BCUT2D eigenvalue weighted by atomic mass is 9.79. The molecule has 2 heterocycles. The van der Waals surface area contributed by atoms with Gasteiger partial charge >= 0.3 is 11.9 Å². The molecule has 36 heavy (non-hydrogen) atoms. The highest BCUT2D eigenvalue weighted by Crippen LogP contribution is 2.38. The summed E-state index contributed by atoms with van der Waals surface area (Å²) in [4.78, 5) is 25.2. The van der Waals surface area contributed by atoms with Crippen molar-refractivity contribution >= 4 is 11.9 Å². The second kappa shape index (κ2) is 11.3. The number of phenols is 3. The van der Waals surface area contributed by atoms with E-state index in [9.17, 15) is 30.0 Å². The van der Waals surface area contributed by atoms with Gasteiger partial charge in [-0.25, -0.2) is 4.79 Å². The van der Waals surface area contributed by atoms with E-state index in [1.54, 1.807) is 30.3 Å². The van der Waals surface area contributed by atoms with E-state index in [0.29, 0.717) is 12.0 Å². The lowest BCUT2D eigenvalue weighted by Crippen LogP contribution is -2.45. The van der Waals surface area contributed by atoms with Crippen LogP contribution in [0.5, 0.6) is 17.2 Å². The molecule has 4 unspecified atom stereocenters. The van der Waals surface area contributed by atoms with Gasteiger partial charge in [0.15, 0.2) is 11.5 Å². The van der Waals surface area contributed by atoms with Gasteiger partial charge in [0.2, 0.25) is 6.29 Å². The lowest BCUT2D eigenvalue weighted by Gasteiger charge is -2.36. The van der Waals surface area contributed by atoms with Crippen molar-refractivity contribution in [3.05, 3.63) is 65.4 Å². The van der Waals surface area contributed by atoms with Crippen LogP contribution >= 0.6 is 0 Å². The van der Waals surface area contributed by atoms with E-state index < -0.39 is 36.2 Å². The molecular formula is C26H28O10. The Morgan fingerprint density at radius 1 is 0.972 bits per heavy atom. The Morgan fingerprint density at radius 2 is 1.69 bits per heavy atom. The number of fused-ring (bicyclic) bond motifs is 1. The van der Waals surface area contributed by atoms with Gasteiger partial charge in [-0.05, 0) is 41.8 Å². The maximum absolute atomic E-state index is 12.9. The third-order valence-electron chi connectivity index (χ3n) is 6.31. The number of cyclic esters (lactones) is 1. The number of rotatable bonds is 8. The number of ether oxygens (including phenoxy) is 4. The van der Waals surface area contributed by atoms with Crippen molar-refractivity contribution in [3.8, 4) is 17.2 Å². The molecule has 2 aliphatic heterocycles. The van der Waals surface area contributed by atoms with Gasteiger partial charge in [0.05, 0.1) is 37.4 Å². The average Bonchev–Trinajstić information content (AvgIpc) is 3.02. The fraction of sp³-hybridized carbons (Fsp3) is 0.385. The number of carbonyl (C=O) groups is 2. The normalized spacial score (nSPS) is 23.5. The van der Waals surface area contributed by atoms with E-state index in [1.807, 2.05) is 0 Å². The van der Waals surface area contributed by atoms with E-state index in [4.69, 9.17) is 18.9 Å². The van der Waals surface area contributed by atoms with Crippen LogP contribution in [0.1, 0.15) is 17.5 Å². The van der Waals surface area contributed by atoms with Gasteiger partial charge in [-0.3, -0.25) is 4.79 Å². The summed E-state index contributed by atoms with van der Waals surface area (Å²) in [6.07, 6.45) is -0.237. The first-order valence-electron chi connectivity index (χ1n) is 11.6. The molecule has 0 bridgehead atoms. The van der Waals surface area contributed by atoms with Crippen molar-refractivity contribution in [1.29, 1.82) is 0 Å². The minimum Gasteiger partial charge on any atom is -0.508 e. The second-order valence-corrected chi connectivity index (χ2v) is 8.71. The number of hydrogen-bond donors (Lipinski definition) is 4.